The second kappa shape index (κ2) is 10.2. The largest absolute Gasteiger partial charge is 0.395 e. The summed E-state index contributed by atoms with van der Waals surface area (Å²) >= 11 is 0. The molecule has 0 radical (unpaired) electrons. The van der Waals surface area contributed by atoms with Gasteiger partial charge in [0.15, 0.2) is 0 Å². The zero-order valence-corrected chi connectivity index (χ0v) is 13.0. The summed E-state index contributed by atoms with van der Waals surface area (Å²) in [4.78, 5) is 14.4. The molecule has 0 spiro atoms. The van der Waals surface area contributed by atoms with Crippen LogP contribution in [0.5, 0.6) is 0 Å². The Kier molecular flexibility index (Phi) is 9.88. The van der Waals surface area contributed by atoms with E-state index in [0.717, 1.165) is 32.2 Å². The van der Waals surface area contributed by atoms with Gasteiger partial charge in [0.2, 0.25) is 5.91 Å². The van der Waals surface area contributed by atoms with Crippen LogP contribution >= 0.6 is 0 Å². The van der Waals surface area contributed by atoms with E-state index in [0.29, 0.717) is 13.1 Å². The van der Waals surface area contributed by atoms with Gasteiger partial charge in [0.1, 0.15) is 0 Å². The fraction of sp³-hybridized carbons (Fsp3) is 0.933. The quantitative estimate of drug-likeness (QED) is 0.566. The maximum absolute atomic E-state index is 12.6. The Labute approximate surface area is 118 Å². The van der Waals surface area contributed by atoms with Crippen LogP contribution < -0.4 is 5.73 Å². The van der Waals surface area contributed by atoms with Gasteiger partial charge < -0.3 is 15.7 Å². The molecule has 0 unspecified atom stereocenters. The third kappa shape index (κ3) is 5.49. The van der Waals surface area contributed by atoms with Gasteiger partial charge in [-0.25, -0.2) is 0 Å². The van der Waals surface area contributed by atoms with Crippen molar-refractivity contribution in [3.63, 3.8) is 0 Å². The average molecular weight is 272 g/mol. The molecule has 0 bridgehead atoms. The standard InChI is InChI=1S/C15H32N2O2/c1-4-7-8-9-10-17(11-12-18)14(19)15(5-2,6-3)13-16/h18H,4-13,16H2,1-3H3. The molecule has 0 rings (SSSR count). The second-order valence-corrected chi connectivity index (χ2v) is 5.27. The summed E-state index contributed by atoms with van der Waals surface area (Å²) in [6, 6.07) is 0. The highest BCUT2D eigenvalue weighted by Gasteiger charge is 2.36. The zero-order chi connectivity index (χ0) is 14.7. The zero-order valence-electron chi connectivity index (χ0n) is 13.0. The summed E-state index contributed by atoms with van der Waals surface area (Å²) in [6.45, 7) is 7.77. The highest BCUT2D eigenvalue weighted by molar-refractivity contribution is 5.83. The number of rotatable bonds is 11. The van der Waals surface area contributed by atoms with Crippen molar-refractivity contribution in [1.29, 1.82) is 0 Å². The monoisotopic (exact) mass is 272 g/mol. The third-order valence-electron chi connectivity index (χ3n) is 4.14. The van der Waals surface area contributed by atoms with Crippen molar-refractivity contribution in [3.05, 3.63) is 0 Å². The molecule has 0 heterocycles. The molecule has 1 amide bonds. The van der Waals surface area contributed by atoms with E-state index >= 15 is 0 Å². The molecule has 0 aromatic rings. The third-order valence-corrected chi connectivity index (χ3v) is 4.14. The lowest BCUT2D eigenvalue weighted by Gasteiger charge is -2.35. The molecule has 0 aromatic carbocycles. The molecule has 4 nitrogen and oxygen atoms in total. The van der Waals surface area contributed by atoms with Crippen LogP contribution in [0.25, 0.3) is 0 Å². The van der Waals surface area contributed by atoms with Crippen molar-refractivity contribution < 1.29 is 9.90 Å². The van der Waals surface area contributed by atoms with Crippen LogP contribution in [-0.4, -0.2) is 42.2 Å². The van der Waals surface area contributed by atoms with E-state index in [4.69, 9.17) is 10.8 Å². The SMILES string of the molecule is CCCCCCN(CCO)C(=O)C(CC)(CC)CN. The lowest BCUT2D eigenvalue weighted by atomic mass is 9.81. The first-order valence-electron chi connectivity index (χ1n) is 7.72. The first-order valence-corrected chi connectivity index (χ1v) is 7.72. The fourth-order valence-corrected chi connectivity index (χ4v) is 2.43. The number of aliphatic hydroxyl groups is 1. The Bertz CT molecular complexity index is 232. The number of hydrogen-bond donors (Lipinski definition) is 2. The average Bonchev–Trinajstić information content (AvgIpc) is 2.44. The van der Waals surface area contributed by atoms with Crippen LogP contribution in [0.2, 0.25) is 0 Å². The number of carbonyl (C=O) groups is 1. The van der Waals surface area contributed by atoms with Crippen molar-refractivity contribution in [3.8, 4) is 0 Å². The van der Waals surface area contributed by atoms with Gasteiger partial charge in [-0.05, 0) is 19.3 Å². The Balaban J connectivity index is 4.61. The van der Waals surface area contributed by atoms with E-state index < -0.39 is 5.41 Å². The lowest BCUT2D eigenvalue weighted by molar-refractivity contribution is -0.142. The highest BCUT2D eigenvalue weighted by atomic mass is 16.3. The van der Waals surface area contributed by atoms with Crippen LogP contribution in [0.4, 0.5) is 0 Å². The van der Waals surface area contributed by atoms with Crippen LogP contribution in [0.1, 0.15) is 59.3 Å². The second-order valence-electron chi connectivity index (χ2n) is 5.27. The van der Waals surface area contributed by atoms with E-state index in [2.05, 4.69) is 6.92 Å². The number of carbonyl (C=O) groups excluding carboxylic acids is 1. The van der Waals surface area contributed by atoms with Gasteiger partial charge >= 0.3 is 0 Å². The number of nitrogens with zero attached hydrogens (tertiary/aromatic N) is 1. The summed E-state index contributed by atoms with van der Waals surface area (Å²) in [5.41, 5.74) is 5.39. The first-order chi connectivity index (χ1) is 9.11. The minimum atomic E-state index is -0.445. The minimum Gasteiger partial charge on any atom is -0.395 e. The Morgan fingerprint density at radius 2 is 1.74 bits per heavy atom. The van der Waals surface area contributed by atoms with Crippen LogP contribution in [0.3, 0.4) is 0 Å². The number of amides is 1. The fourth-order valence-electron chi connectivity index (χ4n) is 2.43. The van der Waals surface area contributed by atoms with Crippen molar-refractivity contribution in [2.75, 3.05) is 26.2 Å². The lowest BCUT2D eigenvalue weighted by Crippen LogP contribution is -2.48. The predicted molar refractivity (Wildman–Crippen MR) is 79.9 cm³/mol. The molecule has 3 N–H and O–H groups in total. The maximum Gasteiger partial charge on any atom is 0.230 e. The number of unbranched alkanes of at least 4 members (excludes halogenated alkanes) is 3. The molecule has 0 atom stereocenters. The highest BCUT2D eigenvalue weighted by Crippen LogP contribution is 2.27. The molecule has 0 aliphatic carbocycles. The summed E-state index contributed by atoms with van der Waals surface area (Å²) in [5, 5.41) is 9.15. The molecule has 0 saturated heterocycles. The number of aliphatic hydroxyl groups excluding tert-OH is 1. The van der Waals surface area contributed by atoms with Crippen LogP contribution in [0, 0.1) is 5.41 Å². The molecule has 0 fully saturated rings. The van der Waals surface area contributed by atoms with Gasteiger partial charge in [-0.1, -0.05) is 40.0 Å². The smallest absolute Gasteiger partial charge is 0.230 e. The van der Waals surface area contributed by atoms with Gasteiger partial charge in [0.25, 0.3) is 0 Å². The summed E-state index contributed by atoms with van der Waals surface area (Å²) in [7, 11) is 0. The first kappa shape index (κ1) is 18.4. The Morgan fingerprint density at radius 1 is 1.11 bits per heavy atom. The summed E-state index contributed by atoms with van der Waals surface area (Å²) < 4.78 is 0. The molecule has 0 aliphatic rings. The van der Waals surface area contributed by atoms with Gasteiger partial charge in [-0.15, -0.1) is 0 Å². The molecule has 114 valence electrons. The van der Waals surface area contributed by atoms with E-state index in [1.54, 1.807) is 4.90 Å². The van der Waals surface area contributed by atoms with Crippen molar-refractivity contribution >= 4 is 5.91 Å². The number of hydrogen-bond acceptors (Lipinski definition) is 3. The van der Waals surface area contributed by atoms with Crippen molar-refractivity contribution in [2.24, 2.45) is 11.1 Å². The summed E-state index contributed by atoms with van der Waals surface area (Å²) in [5.74, 6) is 0.116. The Morgan fingerprint density at radius 3 is 2.16 bits per heavy atom. The molecular formula is C15H32N2O2. The minimum absolute atomic E-state index is 0.0214. The maximum atomic E-state index is 12.6. The van der Waals surface area contributed by atoms with Crippen LogP contribution in [-0.2, 0) is 4.79 Å². The predicted octanol–water partition coefficient (Wildman–Crippen LogP) is 2.15. The molecule has 4 heteroatoms. The van der Waals surface area contributed by atoms with E-state index in [1.165, 1.54) is 12.8 Å². The van der Waals surface area contributed by atoms with Gasteiger partial charge in [0, 0.05) is 19.6 Å². The molecule has 0 aliphatic heterocycles. The van der Waals surface area contributed by atoms with E-state index in [-0.39, 0.29) is 12.5 Å². The topological polar surface area (TPSA) is 66.6 Å². The van der Waals surface area contributed by atoms with Gasteiger partial charge in [0.05, 0.1) is 12.0 Å². The molecule has 19 heavy (non-hydrogen) atoms. The normalized spacial score (nSPS) is 11.6. The molecular weight excluding hydrogens is 240 g/mol. The summed E-state index contributed by atoms with van der Waals surface area (Å²) in [6.07, 6.45) is 6.05. The van der Waals surface area contributed by atoms with E-state index in [9.17, 15) is 4.79 Å². The van der Waals surface area contributed by atoms with Crippen molar-refractivity contribution in [1.82, 2.24) is 4.90 Å². The van der Waals surface area contributed by atoms with Crippen molar-refractivity contribution in [2.45, 2.75) is 59.3 Å². The Hall–Kier alpha value is -0.610. The van der Waals surface area contributed by atoms with Crippen LogP contribution in [0.15, 0.2) is 0 Å². The molecule has 0 saturated carbocycles. The molecule has 0 aromatic heterocycles. The van der Waals surface area contributed by atoms with E-state index in [1.807, 2.05) is 13.8 Å². The number of nitrogens with two attached hydrogens (primary N) is 1. The van der Waals surface area contributed by atoms with Gasteiger partial charge in [-0.3, -0.25) is 4.79 Å². The van der Waals surface area contributed by atoms with Gasteiger partial charge in [-0.2, -0.15) is 0 Å².